The van der Waals surface area contributed by atoms with Crippen LogP contribution in [0.2, 0.25) is 0 Å². The lowest BCUT2D eigenvalue weighted by atomic mass is 10.1. The minimum atomic E-state index is -4.46. The molecule has 4 nitrogen and oxygen atoms in total. The Morgan fingerprint density at radius 1 is 1.21 bits per heavy atom. The van der Waals surface area contributed by atoms with E-state index in [-0.39, 0.29) is 24.1 Å². The van der Waals surface area contributed by atoms with Crippen LogP contribution in [0.25, 0.3) is 0 Å². The summed E-state index contributed by atoms with van der Waals surface area (Å²) in [7, 11) is 0. The van der Waals surface area contributed by atoms with Gasteiger partial charge in [0, 0.05) is 25.2 Å². The van der Waals surface area contributed by atoms with E-state index in [0.29, 0.717) is 0 Å². The maximum absolute atomic E-state index is 13.2. The molecular weight excluding hydrogens is 317 g/mol. The Balaban J connectivity index is 1.85. The van der Waals surface area contributed by atoms with E-state index in [2.05, 4.69) is 20.6 Å². The van der Waals surface area contributed by atoms with E-state index < -0.39 is 11.7 Å². The largest absolute Gasteiger partial charge is 0.419 e. The number of aromatic nitrogens is 2. The van der Waals surface area contributed by atoms with Gasteiger partial charge >= 0.3 is 6.18 Å². The van der Waals surface area contributed by atoms with Crippen molar-refractivity contribution in [1.29, 1.82) is 0 Å². The topological polar surface area (TPSA) is 49.8 Å². The number of halogens is 3. The van der Waals surface area contributed by atoms with Gasteiger partial charge in [0.25, 0.3) is 0 Å². The highest BCUT2D eigenvalue weighted by Crippen LogP contribution is 2.32. The molecule has 1 saturated heterocycles. The second kappa shape index (κ2) is 7.17. The van der Waals surface area contributed by atoms with Gasteiger partial charge in [-0.1, -0.05) is 30.3 Å². The summed E-state index contributed by atoms with van der Waals surface area (Å²) in [5.41, 5.74) is 0.000578. The van der Waals surface area contributed by atoms with Crippen LogP contribution in [-0.2, 0) is 12.6 Å². The lowest BCUT2D eigenvalue weighted by Gasteiger charge is -2.24. The maximum Gasteiger partial charge on any atom is 0.419 e. The van der Waals surface area contributed by atoms with E-state index in [1.54, 1.807) is 24.3 Å². The number of alkyl halides is 3. The molecule has 128 valence electrons. The average molecular weight is 336 g/mol. The van der Waals surface area contributed by atoms with Crippen LogP contribution in [0.4, 0.5) is 19.1 Å². The Labute approximate surface area is 138 Å². The summed E-state index contributed by atoms with van der Waals surface area (Å²) in [5.74, 6) is 0.252. The van der Waals surface area contributed by atoms with Crippen LogP contribution in [0, 0.1) is 0 Å². The molecule has 1 aliphatic heterocycles. The predicted octanol–water partition coefficient (Wildman–Crippen LogP) is 3.25. The fourth-order valence-corrected chi connectivity index (χ4v) is 2.81. The molecule has 0 bridgehead atoms. The van der Waals surface area contributed by atoms with E-state index in [1.807, 2.05) is 6.07 Å². The minimum Gasteiger partial charge on any atom is -0.350 e. The van der Waals surface area contributed by atoms with Gasteiger partial charge in [-0.25, -0.2) is 9.97 Å². The normalized spacial score (nSPS) is 18.4. The van der Waals surface area contributed by atoms with Crippen molar-refractivity contribution in [3.63, 3.8) is 0 Å². The van der Waals surface area contributed by atoms with Crippen molar-refractivity contribution in [3.8, 4) is 0 Å². The third-order valence-corrected chi connectivity index (χ3v) is 4.02. The molecule has 1 atom stereocenters. The van der Waals surface area contributed by atoms with Crippen molar-refractivity contribution in [2.75, 3.05) is 18.4 Å². The molecule has 7 heteroatoms. The molecule has 1 aromatic carbocycles. The van der Waals surface area contributed by atoms with Gasteiger partial charge in [0.05, 0.1) is 11.3 Å². The van der Waals surface area contributed by atoms with Gasteiger partial charge in [0.15, 0.2) is 0 Å². The Bertz CT molecular complexity index is 667. The molecule has 2 aromatic rings. The number of piperidine rings is 1. The van der Waals surface area contributed by atoms with Crippen molar-refractivity contribution in [2.45, 2.75) is 31.5 Å². The molecule has 0 spiro atoms. The second-order valence-electron chi connectivity index (χ2n) is 5.90. The van der Waals surface area contributed by atoms with E-state index in [4.69, 9.17) is 0 Å². The smallest absolute Gasteiger partial charge is 0.350 e. The summed E-state index contributed by atoms with van der Waals surface area (Å²) in [6.45, 7) is 1.73. The van der Waals surface area contributed by atoms with E-state index in [9.17, 15) is 13.2 Å². The molecule has 2 N–H and O–H groups in total. The van der Waals surface area contributed by atoms with Crippen molar-refractivity contribution >= 4 is 5.95 Å². The lowest BCUT2D eigenvalue weighted by molar-refractivity contribution is -0.138. The Morgan fingerprint density at radius 3 is 2.67 bits per heavy atom. The van der Waals surface area contributed by atoms with Crippen molar-refractivity contribution in [3.05, 3.63) is 53.3 Å². The van der Waals surface area contributed by atoms with Gasteiger partial charge in [-0.05, 0) is 24.9 Å². The molecule has 0 unspecified atom stereocenters. The fourth-order valence-electron chi connectivity index (χ4n) is 2.81. The van der Waals surface area contributed by atoms with Gasteiger partial charge < -0.3 is 10.6 Å². The molecule has 1 aromatic heterocycles. The molecule has 0 aliphatic carbocycles. The minimum absolute atomic E-state index is 0.00466. The molecule has 24 heavy (non-hydrogen) atoms. The SMILES string of the molecule is FC(F)(F)c1cnc(N[C@H]2CCCNC2)nc1Cc1ccccc1. The quantitative estimate of drug-likeness (QED) is 0.900. The molecular formula is C17H19F3N4. The Hall–Kier alpha value is -2.15. The standard InChI is InChI=1S/C17H19F3N4/c18-17(19,20)14-11-22-16(23-13-7-4-8-21-10-13)24-15(14)9-12-5-2-1-3-6-12/h1-3,5-6,11,13,21H,4,7-10H2,(H,22,23,24)/t13-/m0/s1. The number of hydrogen-bond donors (Lipinski definition) is 2. The van der Waals surface area contributed by atoms with Crippen LogP contribution < -0.4 is 10.6 Å². The third-order valence-electron chi connectivity index (χ3n) is 4.02. The van der Waals surface area contributed by atoms with Crippen LogP contribution in [0.3, 0.4) is 0 Å². The third kappa shape index (κ3) is 4.23. The molecule has 2 heterocycles. The predicted molar refractivity (Wildman–Crippen MR) is 85.8 cm³/mol. The monoisotopic (exact) mass is 336 g/mol. The summed E-state index contributed by atoms with van der Waals surface area (Å²) in [6.07, 6.45) is -1.49. The summed E-state index contributed by atoms with van der Waals surface area (Å²) in [5, 5.41) is 6.38. The van der Waals surface area contributed by atoms with Gasteiger partial charge in [0.1, 0.15) is 0 Å². The lowest BCUT2D eigenvalue weighted by Crippen LogP contribution is -2.38. The van der Waals surface area contributed by atoms with Crippen LogP contribution in [-0.4, -0.2) is 29.1 Å². The summed E-state index contributed by atoms with van der Waals surface area (Å²) >= 11 is 0. The highest BCUT2D eigenvalue weighted by Gasteiger charge is 2.35. The Morgan fingerprint density at radius 2 is 2.00 bits per heavy atom. The maximum atomic E-state index is 13.2. The molecule has 0 radical (unpaired) electrons. The highest BCUT2D eigenvalue weighted by atomic mass is 19.4. The molecule has 1 aliphatic rings. The van der Waals surface area contributed by atoms with Gasteiger partial charge in [-0.15, -0.1) is 0 Å². The van der Waals surface area contributed by atoms with E-state index in [1.165, 1.54) is 0 Å². The van der Waals surface area contributed by atoms with Crippen LogP contribution in [0.5, 0.6) is 0 Å². The number of nitrogens with one attached hydrogen (secondary N) is 2. The first-order chi connectivity index (χ1) is 11.5. The zero-order chi connectivity index (χ0) is 17.0. The summed E-state index contributed by atoms with van der Waals surface area (Å²) < 4.78 is 39.7. The number of rotatable bonds is 4. The number of hydrogen-bond acceptors (Lipinski definition) is 4. The van der Waals surface area contributed by atoms with Gasteiger partial charge in [-0.2, -0.15) is 13.2 Å². The molecule has 3 rings (SSSR count). The number of anilines is 1. The number of benzene rings is 1. The average Bonchev–Trinajstić information content (AvgIpc) is 2.56. The van der Waals surface area contributed by atoms with Gasteiger partial charge in [0.2, 0.25) is 5.95 Å². The molecule has 1 fully saturated rings. The zero-order valence-corrected chi connectivity index (χ0v) is 13.1. The second-order valence-corrected chi connectivity index (χ2v) is 5.90. The van der Waals surface area contributed by atoms with Crippen molar-refractivity contribution < 1.29 is 13.2 Å². The first-order valence-corrected chi connectivity index (χ1v) is 7.96. The Kier molecular flexibility index (Phi) is 4.99. The van der Waals surface area contributed by atoms with Crippen molar-refractivity contribution in [1.82, 2.24) is 15.3 Å². The first-order valence-electron chi connectivity index (χ1n) is 7.96. The van der Waals surface area contributed by atoms with Crippen LogP contribution in [0.15, 0.2) is 36.5 Å². The summed E-state index contributed by atoms with van der Waals surface area (Å²) in [6, 6.07) is 9.16. The zero-order valence-electron chi connectivity index (χ0n) is 13.1. The van der Waals surface area contributed by atoms with E-state index in [0.717, 1.165) is 37.7 Å². The van der Waals surface area contributed by atoms with Crippen LogP contribution >= 0.6 is 0 Å². The first kappa shape index (κ1) is 16.7. The molecule has 0 amide bonds. The van der Waals surface area contributed by atoms with Crippen molar-refractivity contribution in [2.24, 2.45) is 0 Å². The highest BCUT2D eigenvalue weighted by molar-refractivity contribution is 5.35. The van der Waals surface area contributed by atoms with Crippen LogP contribution in [0.1, 0.15) is 29.7 Å². The molecule has 0 saturated carbocycles. The fraction of sp³-hybridized carbons (Fsp3) is 0.412. The van der Waals surface area contributed by atoms with E-state index >= 15 is 0 Å². The van der Waals surface area contributed by atoms with Gasteiger partial charge in [-0.3, -0.25) is 0 Å². The number of nitrogens with zero attached hydrogens (tertiary/aromatic N) is 2. The summed E-state index contributed by atoms with van der Waals surface area (Å²) in [4.78, 5) is 8.03.